The highest BCUT2D eigenvalue weighted by Gasteiger charge is 2.32. The van der Waals surface area contributed by atoms with Gasteiger partial charge < -0.3 is 14.2 Å². The van der Waals surface area contributed by atoms with E-state index < -0.39 is 6.23 Å². The quantitative estimate of drug-likeness (QED) is 0.838. The Bertz CT molecular complexity index is 769. The lowest BCUT2D eigenvalue weighted by atomic mass is 10.2. The van der Waals surface area contributed by atoms with Crippen LogP contribution in [0.15, 0.2) is 53.6 Å². The summed E-state index contributed by atoms with van der Waals surface area (Å²) in [6.07, 6.45) is -0.597. The maximum absolute atomic E-state index is 11.9. The first kappa shape index (κ1) is 16.8. The minimum absolute atomic E-state index is 0.152. The maximum Gasteiger partial charge on any atom is 0.247 e. The van der Waals surface area contributed by atoms with Crippen LogP contribution < -0.4 is 9.47 Å². The van der Waals surface area contributed by atoms with Crippen LogP contribution in [0.3, 0.4) is 0 Å². The topological polar surface area (TPSA) is 60.4 Å². The van der Waals surface area contributed by atoms with Crippen molar-refractivity contribution in [2.24, 2.45) is 5.10 Å². The molecule has 0 aromatic heterocycles. The molecule has 0 unspecified atom stereocenters. The molecule has 0 saturated heterocycles. The first-order valence-electron chi connectivity index (χ1n) is 7.94. The molecule has 6 nitrogen and oxygen atoms in total. The molecule has 0 spiro atoms. The monoisotopic (exact) mass is 340 g/mol. The number of carbonyl (C=O) groups excluding carboxylic acids is 1. The van der Waals surface area contributed by atoms with Crippen molar-refractivity contribution in [3.05, 3.63) is 59.7 Å². The third-order valence-corrected chi connectivity index (χ3v) is 3.80. The van der Waals surface area contributed by atoms with Gasteiger partial charge in [0.25, 0.3) is 0 Å². The number of carbonyl (C=O) groups is 1. The third-order valence-electron chi connectivity index (χ3n) is 3.80. The van der Waals surface area contributed by atoms with Gasteiger partial charge in [-0.3, -0.25) is 4.79 Å². The van der Waals surface area contributed by atoms with E-state index in [9.17, 15) is 4.79 Å². The van der Waals surface area contributed by atoms with Gasteiger partial charge in [0.2, 0.25) is 18.0 Å². The Kier molecular flexibility index (Phi) is 4.88. The largest absolute Gasteiger partial charge is 0.497 e. The first-order valence-corrected chi connectivity index (χ1v) is 7.94. The van der Waals surface area contributed by atoms with Crippen molar-refractivity contribution in [1.82, 2.24) is 5.01 Å². The Morgan fingerprint density at radius 3 is 2.36 bits per heavy atom. The minimum Gasteiger partial charge on any atom is -0.497 e. The number of hydrogen-bond acceptors (Lipinski definition) is 5. The van der Waals surface area contributed by atoms with Gasteiger partial charge in [0, 0.05) is 12.5 Å². The number of ether oxygens (including phenoxy) is 3. The predicted molar refractivity (Wildman–Crippen MR) is 93.4 cm³/mol. The van der Waals surface area contributed by atoms with Crippen molar-refractivity contribution in [2.45, 2.75) is 20.1 Å². The van der Waals surface area contributed by atoms with Crippen LogP contribution in [0, 0.1) is 6.92 Å². The summed E-state index contributed by atoms with van der Waals surface area (Å²) in [5.74, 6) is 1.61. The number of hydrazone groups is 1. The molecule has 130 valence electrons. The fourth-order valence-corrected chi connectivity index (χ4v) is 2.43. The highest BCUT2D eigenvalue weighted by atomic mass is 16.6. The lowest BCUT2D eigenvalue weighted by molar-refractivity contribution is -0.135. The fourth-order valence-electron chi connectivity index (χ4n) is 2.43. The molecule has 0 aliphatic carbocycles. The summed E-state index contributed by atoms with van der Waals surface area (Å²) in [5.41, 5.74) is 1.97. The second-order valence-electron chi connectivity index (χ2n) is 5.70. The molecular formula is C19H20N2O4. The summed E-state index contributed by atoms with van der Waals surface area (Å²) >= 11 is 0. The van der Waals surface area contributed by atoms with Crippen molar-refractivity contribution >= 4 is 11.8 Å². The Labute approximate surface area is 146 Å². The zero-order valence-corrected chi connectivity index (χ0v) is 14.4. The van der Waals surface area contributed by atoms with Crippen molar-refractivity contribution < 1.29 is 19.0 Å². The van der Waals surface area contributed by atoms with Crippen LogP contribution in [-0.4, -0.2) is 30.5 Å². The van der Waals surface area contributed by atoms with E-state index in [0.29, 0.717) is 5.90 Å². The van der Waals surface area contributed by atoms with Gasteiger partial charge in [0.15, 0.2) is 6.61 Å². The number of rotatable bonds is 5. The summed E-state index contributed by atoms with van der Waals surface area (Å²) in [5, 5.41) is 5.56. The van der Waals surface area contributed by atoms with E-state index in [1.165, 1.54) is 11.9 Å². The third kappa shape index (κ3) is 3.91. The van der Waals surface area contributed by atoms with E-state index in [0.717, 1.165) is 22.6 Å². The Hall–Kier alpha value is -3.02. The maximum atomic E-state index is 11.9. The lowest BCUT2D eigenvalue weighted by Gasteiger charge is -2.19. The predicted octanol–water partition coefficient (Wildman–Crippen LogP) is 3.27. The zero-order valence-electron chi connectivity index (χ0n) is 14.4. The van der Waals surface area contributed by atoms with Crippen LogP contribution in [-0.2, 0) is 9.53 Å². The van der Waals surface area contributed by atoms with E-state index in [4.69, 9.17) is 14.2 Å². The molecule has 0 N–H and O–H groups in total. The van der Waals surface area contributed by atoms with Crippen LogP contribution in [0.5, 0.6) is 11.5 Å². The van der Waals surface area contributed by atoms with Gasteiger partial charge in [-0.05, 0) is 43.3 Å². The van der Waals surface area contributed by atoms with Gasteiger partial charge in [-0.25, -0.2) is 0 Å². The number of methoxy groups -OCH3 is 1. The molecule has 1 amide bonds. The minimum atomic E-state index is -0.597. The second kappa shape index (κ2) is 7.25. The molecular weight excluding hydrogens is 320 g/mol. The van der Waals surface area contributed by atoms with Crippen molar-refractivity contribution in [3.63, 3.8) is 0 Å². The summed E-state index contributed by atoms with van der Waals surface area (Å²) in [7, 11) is 1.60. The van der Waals surface area contributed by atoms with Gasteiger partial charge in [-0.1, -0.05) is 17.7 Å². The Balaban J connectivity index is 1.70. The van der Waals surface area contributed by atoms with Crippen molar-refractivity contribution in [1.29, 1.82) is 0 Å². The van der Waals surface area contributed by atoms with E-state index in [2.05, 4.69) is 5.10 Å². The van der Waals surface area contributed by atoms with E-state index >= 15 is 0 Å². The molecule has 0 radical (unpaired) electrons. The summed E-state index contributed by atoms with van der Waals surface area (Å²) < 4.78 is 16.7. The van der Waals surface area contributed by atoms with Crippen LogP contribution in [0.25, 0.3) is 0 Å². The molecule has 2 aromatic rings. The molecule has 0 fully saturated rings. The SMILES string of the molecule is COc1ccc([C@H]2OC(COc3ccc(C)cc3)=NN2C(C)=O)cc1. The van der Waals surface area contributed by atoms with Gasteiger partial charge in [0.1, 0.15) is 11.5 Å². The fraction of sp³-hybridized carbons (Fsp3) is 0.263. The van der Waals surface area contributed by atoms with Crippen molar-refractivity contribution in [2.75, 3.05) is 13.7 Å². The van der Waals surface area contributed by atoms with Gasteiger partial charge >= 0.3 is 0 Å². The molecule has 25 heavy (non-hydrogen) atoms. The number of amides is 1. The normalized spacial score (nSPS) is 16.2. The molecule has 1 atom stereocenters. The van der Waals surface area contributed by atoms with Gasteiger partial charge in [0.05, 0.1) is 7.11 Å². The second-order valence-corrected chi connectivity index (χ2v) is 5.70. The molecule has 3 rings (SSSR count). The van der Waals surface area contributed by atoms with Crippen LogP contribution in [0.2, 0.25) is 0 Å². The summed E-state index contributed by atoms with van der Waals surface area (Å²) in [4.78, 5) is 11.9. The number of aryl methyl sites for hydroxylation is 1. The number of benzene rings is 2. The van der Waals surface area contributed by atoms with Crippen molar-refractivity contribution in [3.8, 4) is 11.5 Å². The smallest absolute Gasteiger partial charge is 0.247 e. The number of hydrogen-bond donors (Lipinski definition) is 0. The molecule has 1 aliphatic rings. The average molecular weight is 340 g/mol. The van der Waals surface area contributed by atoms with Gasteiger partial charge in [-0.15, -0.1) is 5.10 Å². The average Bonchev–Trinajstić information content (AvgIpc) is 3.06. The van der Waals surface area contributed by atoms with E-state index in [1.807, 2.05) is 55.5 Å². The van der Waals surface area contributed by atoms with E-state index in [1.54, 1.807) is 7.11 Å². The highest BCUT2D eigenvalue weighted by Crippen LogP contribution is 2.29. The molecule has 1 aliphatic heterocycles. The molecule has 0 bridgehead atoms. The van der Waals surface area contributed by atoms with Crippen LogP contribution in [0.1, 0.15) is 24.3 Å². The summed E-state index contributed by atoms with van der Waals surface area (Å²) in [6, 6.07) is 15.0. The Morgan fingerprint density at radius 2 is 1.76 bits per heavy atom. The van der Waals surface area contributed by atoms with Crippen LogP contribution >= 0.6 is 0 Å². The molecule has 0 saturated carbocycles. The van der Waals surface area contributed by atoms with Crippen LogP contribution in [0.4, 0.5) is 0 Å². The lowest BCUT2D eigenvalue weighted by Crippen LogP contribution is -2.25. The Morgan fingerprint density at radius 1 is 1.12 bits per heavy atom. The summed E-state index contributed by atoms with van der Waals surface area (Å²) in [6.45, 7) is 3.62. The van der Waals surface area contributed by atoms with Gasteiger partial charge in [-0.2, -0.15) is 5.01 Å². The van der Waals surface area contributed by atoms with E-state index in [-0.39, 0.29) is 12.5 Å². The zero-order chi connectivity index (χ0) is 17.8. The number of nitrogens with zero attached hydrogens (tertiary/aromatic N) is 2. The highest BCUT2D eigenvalue weighted by molar-refractivity contribution is 5.83. The molecule has 6 heteroatoms. The molecule has 1 heterocycles. The molecule has 2 aromatic carbocycles. The first-order chi connectivity index (χ1) is 12.1. The standard InChI is InChI=1S/C19H20N2O4/c1-13-4-8-17(9-5-13)24-12-18-20-21(14(2)22)19(25-18)15-6-10-16(23-3)11-7-15/h4-11,19H,12H2,1-3H3/t19-/m1/s1.